The predicted octanol–water partition coefficient (Wildman–Crippen LogP) is 3.47. The minimum atomic E-state index is -0.937. The summed E-state index contributed by atoms with van der Waals surface area (Å²) in [6.45, 7) is 3.13. The van der Waals surface area contributed by atoms with Crippen molar-refractivity contribution in [1.29, 1.82) is 0 Å². The maximum atomic E-state index is 13.2. The van der Waals surface area contributed by atoms with Gasteiger partial charge in [0.15, 0.2) is 0 Å². The van der Waals surface area contributed by atoms with E-state index in [2.05, 4.69) is 5.32 Å². The molecule has 0 bridgehead atoms. The molecule has 4 nitrogen and oxygen atoms in total. The van der Waals surface area contributed by atoms with Crippen LogP contribution >= 0.6 is 0 Å². The van der Waals surface area contributed by atoms with Crippen molar-refractivity contribution < 1.29 is 19.0 Å². The van der Waals surface area contributed by atoms with Crippen LogP contribution in [0.5, 0.6) is 5.75 Å². The van der Waals surface area contributed by atoms with Crippen molar-refractivity contribution in [2.45, 2.75) is 26.0 Å². The molecule has 5 heteroatoms. The second-order valence-electron chi connectivity index (χ2n) is 5.24. The van der Waals surface area contributed by atoms with Crippen LogP contribution in [0, 0.1) is 5.82 Å². The summed E-state index contributed by atoms with van der Waals surface area (Å²) in [6.07, 6.45) is 0.693. The second-order valence-corrected chi connectivity index (χ2v) is 5.24. The summed E-state index contributed by atoms with van der Waals surface area (Å²) in [4.78, 5) is 10.9. The number of carbonyl (C=O) groups is 1. The van der Waals surface area contributed by atoms with Gasteiger partial charge < -0.3 is 15.2 Å². The van der Waals surface area contributed by atoms with Crippen LogP contribution in [-0.4, -0.2) is 23.7 Å². The molecule has 0 heterocycles. The lowest BCUT2D eigenvalue weighted by Crippen LogP contribution is -2.30. The zero-order chi connectivity index (χ0) is 16.7. The zero-order valence-corrected chi connectivity index (χ0v) is 13.0. The van der Waals surface area contributed by atoms with Gasteiger partial charge in [-0.1, -0.05) is 25.1 Å². The first-order chi connectivity index (χ1) is 11.1. The van der Waals surface area contributed by atoms with Gasteiger partial charge in [0, 0.05) is 19.2 Å². The number of benzene rings is 2. The highest BCUT2D eigenvalue weighted by Gasteiger charge is 2.09. The number of carboxylic acid groups (broad SMARTS) is 1. The Morgan fingerprint density at radius 3 is 2.74 bits per heavy atom. The number of hydrogen-bond donors (Lipinski definition) is 2. The normalized spacial score (nSPS) is 11.9. The number of carboxylic acids is 1. The van der Waals surface area contributed by atoms with Gasteiger partial charge in [0.1, 0.15) is 17.7 Å². The summed E-state index contributed by atoms with van der Waals surface area (Å²) in [5.74, 6) is -0.755. The Labute approximate surface area is 134 Å². The molecule has 0 aliphatic heterocycles. The number of aromatic carboxylic acids is 1. The average molecular weight is 317 g/mol. The number of nitrogens with one attached hydrogen (secondary N) is 1. The van der Waals surface area contributed by atoms with Gasteiger partial charge in [-0.15, -0.1) is 0 Å². The summed E-state index contributed by atoms with van der Waals surface area (Å²) in [5.41, 5.74) is 1.16. The van der Waals surface area contributed by atoms with Crippen molar-refractivity contribution in [2.75, 3.05) is 6.54 Å². The molecule has 23 heavy (non-hydrogen) atoms. The first-order valence-electron chi connectivity index (χ1n) is 7.53. The fourth-order valence-electron chi connectivity index (χ4n) is 2.19. The molecule has 2 N–H and O–H groups in total. The lowest BCUT2D eigenvalue weighted by Gasteiger charge is -2.18. The molecule has 1 atom stereocenters. The van der Waals surface area contributed by atoms with Gasteiger partial charge in [0.05, 0.1) is 5.56 Å². The molecule has 1 unspecified atom stereocenters. The van der Waals surface area contributed by atoms with Crippen LogP contribution in [-0.2, 0) is 6.54 Å². The van der Waals surface area contributed by atoms with Gasteiger partial charge in [0.25, 0.3) is 0 Å². The van der Waals surface area contributed by atoms with E-state index in [1.165, 1.54) is 12.1 Å². The molecule has 0 fully saturated rings. The number of rotatable bonds is 8. The third-order valence-corrected chi connectivity index (χ3v) is 3.43. The Kier molecular flexibility index (Phi) is 6.11. The van der Waals surface area contributed by atoms with E-state index in [1.54, 1.807) is 30.3 Å². The molecule has 0 saturated carbocycles. The molecule has 122 valence electrons. The van der Waals surface area contributed by atoms with Crippen molar-refractivity contribution in [3.05, 3.63) is 65.5 Å². The summed E-state index contributed by atoms with van der Waals surface area (Å²) >= 11 is 0. The van der Waals surface area contributed by atoms with E-state index in [0.29, 0.717) is 18.8 Å². The van der Waals surface area contributed by atoms with Crippen molar-refractivity contribution in [2.24, 2.45) is 0 Å². The molecule has 0 amide bonds. The maximum absolute atomic E-state index is 13.2. The molecule has 0 aliphatic carbocycles. The molecule has 0 aromatic heterocycles. The van der Waals surface area contributed by atoms with Crippen LogP contribution in [0.3, 0.4) is 0 Å². The van der Waals surface area contributed by atoms with Gasteiger partial charge in [-0.3, -0.25) is 0 Å². The van der Waals surface area contributed by atoms with Crippen molar-refractivity contribution in [1.82, 2.24) is 5.32 Å². The second kappa shape index (κ2) is 8.29. The first kappa shape index (κ1) is 17.0. The topological polar surface area (TPSA) is 58.6 Å². The summed E-state index contributed by atoms with van der Waals surface area (Å²) in [6, 6.07) is 12.9. The van der Waals surface area contributed by atoms with Crippen LogP contribution in [0.25, 0.3) is 0 Å². The van der Waals surface area contributed by atoms with E-state index in [0.717, 1.165) is 12.0 Å². The van der Waals surface area contributed by atoms with Crippen LogP contribution in [0.15, 0.2) is 48.5 Å². The molecule has 2 aromatic carbocycles. The quantitative estimate of drug-likeness (QED) is 0.783. The highest BCUT2D eigenvalue weighted by Crippen LogP contribution is 2.15. The van der Waals surface area contributed by atoms with Gasteiger partial charge in [-0.2, -0.15) is 0 Å². The van der Waals surface area contributed by atoms with Crippen LogP contribution < -0.4 is 10.1 Å². The minimum absolute atomic E-state index is 0.0838. The molecule has 2 rings (SSSR count). The number of halogens is 1. The van der Waals surface area contributed by atoms with Crippen LogP contribution in [0.4, 0.5) is 4.39 Å². The van der Waals surface area contributed by atoms with E-state index in [9.17, 15) is 9.18 Å². The SMILES string of the molecule is CCC(CNCc1cccc(C(=O)O)c1)Oc1cccc(F)c1. The smallest absolute Gasteiger partial charge is 0.335 e. The Morgan fingerprint density at radius 1 is 1.26 bits per heavy atom. The highest BCUT2D eigenvalue weighted by atomic mass is 19.1. The summed E-state index contributed by atoms with van der Waals surface area (Å²) < 4.78 is 18.9. The molecule has 0 radical (unpaired) electrons. The van der Waals surface area contributed by atoms with E-state index < -0.39 is 5.97 Å². The predicted molar refractivity (Wildman–Crippen MR) is 86.2 cm³/mol. The highest BCUT2D eigenvalue weighted by molar-refractivity contribution is 5.87. The summed E-state index contributed by atoms with van der Waals surface area (Å²) in [5, 5.41) is 12.2. The fraction of sp³-hybridized carbons (Fsp3) is 0.278. The molecule has 2 aromatic rings. The molecule has 0 spiro atoms. The number of hydrogen-bond acceptors (Lipinski definition) is 3. The third-order valence-electron chi connectivity index (χ3n) is 3.43. The monoisotopic (exact) mass is 317 g/mol. The van der Waals surface area contributed by atoms with Gasteiger partial charge in [-0.25, -0.2) is 9.18 Å². The molecular weight excluding hydrogens is 297 g/mol. The fourth-order valence-corrected chi connectivity index (χ4v) is 2.19. The van der Waals surface area contributed by atoms with E-state index in [4.69, 9.17) is 9.84 Å². The Morgan fingerprint density at radius 2 is 2.04 bits per heavy atom. The minimum Gasteiger partial charge on any atom is -0.489 e. The Hall–Kier alpha value is -2.40. The maximum Gasteiger partial charge on any atom is 0.335 e. The van der Waals surface area contributed by atoms with Crippen molar-refractivity contribution in [3.8, 4) is 5.75 Å². The Bertz CT molecular complexity index is 660. The van der Waals surface area contributed by atoms with Crippen LogP contribution in [0.2, 0.25) is 0 Å². The third kappa shape index (κ3) is 5.38. The van der Waals surface area contributed by atoms with E-state index >= 15 is 0 Å². The van der Waals surface area contributed by atoms with Gasteiger partial charge >= 0.3 is 5.97 Å². The van der Waals surface area contributed by atoms with Gasteiger partial charge in [0.2, 0.25) is 0 Å². The number of ether oxygens (including phenoxy) is 1. The van der Waals surface area contributed by atoms with Crippen molar-refractivity contribution >= 4 is 5.97 Å². The molecular formula is C18H20FNO3. The lowest BCUT2D eigenvalue weighted by molar-refractivity contribution is 0.0696. The summed E-state index contributed by atoms with van der Waals surface area (Å²) in [7, 11) is 0. The van der Waals surface area contributed by atoms with E-state index in [-0.39, 0.29) is 17.5 Å². The first-order valence-corrected chi connectivity index (χ1v) is 7.53. The standard InChI is InChI=1S/C18H20FNO3/c1-2-16(23-17-8-4-7-15(19)10-17)12-20-11-13-5-3-6-14(9-13)18(21)22/h3-10,16,20H,2,11-12H2,1H3,(H,21,22). The van der Waals surface area contributed by atoms with Gasteiger partial charge in [-0.05, 0) is 36.2 Å². The lowest BCUT2D eigenvalue weighted by atomic mass is 10.1. The van der Waals surface area contributed by atoms with Crippen molar-refractivity contribution in [3.63, 3.8) is 0 Å². The molecule has 0 aliphatic rings. The van der Waals surface area contributed by atoms with Crippen LogP contribution in [0.1, 0.15) is 29.3 Å². The largest absolute Gasteiger partial charge is 0.489 e. The average Bonchev–Trinajstić information content (AvgIpc) is 2.54. The zero-order valence-electron chi connectivity index (χ0n) is 13.0. The van der Waals surface area contributed by atoms with E-state index in [1.807, 2.05) is 13.0 Å². The molecule has 0 saturated heterocycles. The Balaban J connectivity index is 1.86.